The Bertz CT molecular complexity index is 1380. The first-order valence-electron chi connectivity index (χ1n) is 10.9. The third kappa shape index (κ3) is 5.58. The highest BCUT2D eigenvalue weighted by atomic mass is 79.9. The minimum Gasteiger partial charge on any atom is -0.463 e. The van der Waals surface area contributed by atoms with Crippen molar-refractivity contribution in [2.75, 3.05) is 16.8 Å². The van der Waals surface area contributed by atoms with Crippen LogP contribution >= 0.6 is 27.3 Å². The molecule has 2 aromatic carbocycles. The van der Waals surface area contributed by atoms with E-state index in [9.17, 15) is 35.9 Å². The molecule has 38 heavy (non-hydrogen) atoms. The van der Waals surface area contributed by atoms with Crippen LogP contribution in [0.15, 0.2) is 75.7 Å². The van der Waals surface area contributed by atoms with Crippen LogP contribution in [0.25, 0.3) is 0 Å². The van der Waals surface area contributed by atoms with Crippen LogP contribution in [0.3, 0.4) is 0 Å². The lowest BCUT2D eigenvalue weighted by Gasteiger charge is -2.26. The highest BCUT2D eigenvalue weighted by molar-refractivity contribution is 9.11. The van der Waals surface area contributed by atoms with Gasteiger partial charge in [-0.25, -0.2) is 4.79 Å². The summed E-state index contributed by atoms with van der Waals surface area (Å²) < 4.78 is 84.3. The van der Waals surface area contributed by atoms with Crippen LogP contribution in [0.2, 0.25) is 0 Å². The van der Waals surface area contributed by atoms with Gasteiger partial charge in [-0.3, -0.25) is 9.69 Å². The second kappa shape index (κ2) is 10.4. The number of thiophene rings is 1. The third-order valence-corrected chi connectivity index (χ3v) is 7.22. The van der Waals surface area contributed by atoms with Gasteiger partial charge in [0.25, 0.3) is 5.91 Å². The van der Waals surface area contributed by atoms with Gasteiger partial charge in [0, 0.05) is 16.3 Å². The van der Waals surface area contributed by atoms with E-state index in [1.165, 1.54) is 11.3 Å². The number of esters is 1. The largest absolute Gasteiger partial charge is 0.463 e. The van der Waals surface area contributed by atoms with Crippen molar-refractivity contribution in [1.29, 1.82) is 0 Å². The summed E-state index contributed by atoms with van der Waals surface area (Å²) in [6.45, 7) is 1.52. The van der Waals surface area contributed by atoms with Crippen molar-refractivity contribution in [3.63, 3.8) is 0 Å². The van der Waals surface area contributed by atoms with Crippen LogP contribution in [0.4, 0.5) is 37.7 Å². The van der Waals surface area contributed by atoms with Crippen LogP contribution in [0.5, 0.6) is 0 Å². The second-order valence-corrected chi connectivity index (χ2v) is 10.5. The number of nitrogens with zero attached hydrogens (tertiary/aromatic N) is 1. The molecule has 0 bridgehead atoms. The molecule has 1 amide bonds. The van der Waals surface area contributed by atoms with Gasteiger partial charge in [-0.15, -0.1) is 11.3 Å². The van der Waals surface area contributed by atoms with Crippen molar-refractivity contribution in [2.45, 2.75) is 25.3 Å². The van der Waals surface area contributed by atoms with Gasteiger partial charge in [-0.1, -0.05) is 0 Å². The molecule has 1 aliphatic rings. The van der Waals surface area contributed by atoms with Gasteiger partial charge in [0.2, 0.25) is 0 Å². The first-order chi connectivity index (χ1) is 17.8. The number of carbonyl (C=O) groups is 2. The fourth-order valence-corrected chi connectivity index (χ4v) is 5.40. The number of halogens is 7. The number of benzene rings is 2. The van der Waals surface area contributed by atoms with Crippen molar-refractivity contribution in [3.05, 3.63) is 91.7 Å². The van der Waals surface area contributed by atoms with Crippen LogP contribution in [-0.4, -0.2) is 18.5 Å². The van der Waals surface area contributed by atoms with E-state index >= 15 is 0 Å². The summed E-state index contributed by atoms with van der Waals surface area (Å²) in [5, 5.41) is 2.73. The van der Waals surface area contributed by atoms with Gasteiger partial charge in [0.15, 0.2) is 0 Å². The zero-order chi connectivity index (χ0) is 27.8. The summed E-state index contributed by atoms with van der Waals surface area (Å²) in [6, 6.07) is 9.93. The lowest BCUT2D eigenvalue weighted by Crippen LogP contribution is -2.31. The molecule has 0 saturated carbocycles. The predicted octanol–water partition coefficient (Wildman–Crippen LogP) is 7.57. The summed E-state index contributed by atoms with van der Waals surface area (Å²) in [6.07, 6.45) is -9.18. The van der Waals surface area contributed by atoms with Gasteiger partial charge < -0.3 is 10.1 Å². The molecule has 0 spiro atoms. The van der Waals surface area contributed by atoms with E-state index in [1.54, 1.807) is 19.1 Å². The van der Waals surface area contributed by atoms with E-state index in [0.29, 0.717) is 8.66 Å². The SMILES string of the molecule is CCOC(=O)C1=C(Nc2ccc(C(F)(F)F)cc2)C(=O)N(c2ccc(C(F)(F)F)cc2)C1c1ccc(Br)s1. The minimum atomic E-state index is -4.60. The summed E-state index contributed by atoms with van der Waals surface area (Å²) in [7, 11) is 0. The molecule has 5 nitrogen and oxygen atoms in total. The predicted molar refractivity (Wildman–Crippen MR) is 132 cm³/mol. The van der Waals surface area contributed by atoms with Gasteiger partial charge in [-0.2, -0.15) is 26.3 Å². The zero-order valence-electron chi connectivity index (χ0n) is 19.3. The minimum absolute atomic E-state index is 0.0365. The molecule has 0 aliphatic carbocycles. The molecular weight excluding hydrogens is 602 g/mol. The molecule has 200 valence electrons. The lowest BCUT2D eigenvalue weighted by molar-refractivity contribution is -0.139. The quantitative estimate of drug-likeness (QED) is 0.229. The highest BCUT2D eigenvalue weighted by Crippen LogP contribution is 2.45. The molecule has 0 saturated heterocycles. The highest BCUT2D eigenvalue weighted by Gasteiger charge is 2.46. The summed E-state index contributed by atoms with van der Waals surface area (Å²) >= 11 is 4.52. The van der Waals surface area contributed by atoms with Crippen molar-refractivity contribution in [2.24, 2.45) is 0 Å². The summed E-state index contributed by atoms with van der Waals surface area (Å²) in [4.78, 5) is 28.5. The van der Waals surface area contributed by atoms with Gasteiger partial charge in [0.05, 0.1) is 27.1 Å². The van der Waals surface area contributed by atoms with Crippen molar-refractivity contribution < 1.29 is 40.7 Å². The average molecular weight is 619 g/mol. The Morgan fingerprint density at radius 1 is 0.947 bits per heavy atom. The van der Waals surface area contributed by atoms with Crippen molar-refractivity contribution >= 4 is 50.5 Å². The molecule has 13 heteroatoms. The Kier molecular flexibility index (Phi) is 7.62. The third-order valence-electron chi connectivity index (χ3n) is 5.55. The number of rotatable bonds is 6. The van der Waals surface area contributed by atoms with Crippen LogP contribution in [0.1, 0.15) is 29.0 Å². The van der Waals surface area contributed by atoms with E-state index in [4.69, 9.17) is 4.74 Å². The van der Waals surface area contributed by atoms with E-state index in [1.807, 2.05) is 0 Å². The van der Waals surface area contributed by atoms with Crippen LogP contribution < -0.4 is 10.2 Å². The lowest BCUT2D eigenvalue weighted by atomic mass is 10.1. The number of hydrogen-bond acceptors (Lipinski definition) is 5. The van der Waals surface area contributed by atoms with E-state index < -0.39 is 41.4 Å². The van der Waals surface area contributed by atoms with Crippen LogP contribution in [-0.2, 0) is 26.7 Å². The maximum atomic E-state index is 13.7. The Morgan fingerprint density at radius 2 is 1.50 bits per heavy atom. The average Bonchev–Trinajstić information content (AvgIpc) is 3.39. The summed E-state index contributed by atoms with van der Waals surface area (Å²) in [5.41, 5.74) is -2.08. The van der Waals surface area contributed by atoms with Crippen molar-refractivity contribution in [1.82, 2.24) is 0 Å². The number of amides is 1. The Labute approximate surface area is 224 Å². The number of anilines is 2. The maximum Gasteiger partial charge on any atom is 0.416 e. The van der Waals surface area contributed by atoms with E-state index in [0.717, 1.165) is 53.4 Å². The molecule has 1 unspecified atom stereocenters. The normalized spacial score (nSPS) is 16.3. The van der Waals surface area contributed by atoms with Gasteiger partial charge in [-0.05, 0) is 83.5 Å². The molecule has 1 atom stereocenters. The number of ether oxygens (including phenoxy) is 1. The fourth-order valence-electron chi connectivity index (χ4n) is 3.87. The topological polar surface area (TPSA) is 58.6 Å². The standard InChI is InChI=1S/C25H17BrF6N2O3S/c1-2-37-23(36)19-20(33-15-7-3-13(4-8-15)24(27,28)29)22(35)34(21(19)17-11-12-18(26)38-17)16-9-5-14(6-10-16)25(30,31)32/h3-12,21,33H,2H2,1H3. The Morgan fingerprint density at radius 3 is 1.97 bits per heavy atom. The second-order valence-electron chi connectivity index (χ2n) is 7.97. The molecular formula is C25H17BrF6N2O3S. The monoisotopic (exact) mass is 618 g/mol. The molecule has 1 aliphatic heterocycles. The molecule has 4 rings (SSSR count). The smallest absolute Gasteiger partial charge is 0.416 e. The summed E-state index contributed by atoms with van der Waals surface area (Å²) in [5.74, 6) is -1.64. The van der Waals surface area contributed by atoms with E-state index in [2.05, 4.69) is 21.2 Å². The molecule has 1 N–H and O–H groups in total. The Hall–Kier alpha value is -3.32. The number of nitrogens with one attached hydrogen (secondary N) is 1. The van der Waals surface area contributed by atoms with E-state index in [-0.39, 0.29) is 29.3 Å². The molecule has 0 fully saturated rings. The number of alkyl halides is 6. The molecule has 0 radical (unpaired) electrons. The van der Waals surface area contributed by atoms with Gasteiger partial charge in [0.1, 0.15) is 11.7 Å². The molecule has 1 aromatic heterocycles. The zero-order valence-corrected chi connectivity index (χ0v) is 21.7. The fraction of sp³-hybridized carbons (Fsp3) is 0.200. The molecule has 3 aromatic rings. The first kappa shape index (κ1) is 27.7. The first-order valence-corrected chi connectivity index (χ1v) is 12.5. The van der Waals surface area contributed by atoms with Gasteiger partial charge >= 0.3 is 18.3 Å². The van der Waals surface area contributed by atoms with Crippen LogP contribution in [0, 0.1) is 0 Å². The molecule has 2 heterocycles. The number of hydrogen-bond donors (Lipinski definition) is 1. The maximum absolute atomic E-state index is 13.7. The Balaban J connectivity index is 1.83. The van der Waals surface area contributed by atoms with Crippen molar-refractivity contribution in [3.8, 4) is 0 Å². The number of carbonyl (C=O) groups excluding carboxylic acids is 2.